The predicted molar refractivity (Wildman–Crippen MR) is 53.9 cm³/mol. The summed E-state index contributed by atoms with van der Waals surface area (Å²) in [5, 5.41) is 2.27. The second-order valence-electron chi connectivity index (χ2n) is 2.97. The maximum Gasteiger partial charge on any atom is 0.239 e. The lowest BCUT2D eigenvalue weighted by molar-refractivity contribution is -0.117. The molecule has 4 nitrogen and oxygen atoms in total. The van der Waals surface area contributed by atoms with Crippen molar-refractivity contribution < 1.29 is 18.3 Å². The Hall–Kier alpha value is -1.56. The Morgan fingerprint density at radius 1 is 1.50 bits per heavy atom. The van der Waals surface area contributed by atoms with E-state index in [0.29, 0.717) is 6.61 Å². The molecule has 1 aromatic heterocycles. The van der Waals surface area contributed by atoms with Gasteiger partial charge in [-0.2, -0.15) is 13.8 Å². The van der Waals surface area contributed by atoms with Gasteiger partial charge in [-0.05, 0) is 19.1 Å². The third-order valence-electron chi connectivity index (χ3n) is 1.77. The molecule has 6 heteroatoms. The molecule has 0 aliphatic rings. The van der Waals surface area contributed by atoms with Gasteiger partial charge in [0.2, 0.25) is 17.8 Å². The maximum absolute atomic E-state index is 13.0. The number of anilines is 1. The Morgan fingerprint density at radius 2 is 2.25 bits per heavy atom. The number of ether oxygens (including phenoxy) is 1. The molecule has 1 heterocycles. The fraction of sp³-hybridized carbons (Fsp3) is 0.400. The van der Waals surface area contributed by atoms with Crippen molar-refractivity contribution in [3.05, 3.63) is 24.0 Å². The highest BCUT2D eigenvalue weighted by Crippen LogP contribution is 2.11. The van der Waals surface area contributed by atoms with E-state index in [-0.39, 0.29) is 18.7 Å². The highest BCUT2D eigenvalue weighted by Gasteiger charge is 2.08. The molecular formula is C10H12F2N2O2. The summed E-state index contributed by atoms with van der Waals surface area (Å²) in [6.45, 7) is 2.58. The lowest BCUT2D eigenvalue weighted by atomic mass is 10.3. The molecule has 1 amide bonds. The van der Waals surface area contributed by atoms with Crippen molar-refractivity contribution in [2.45, 2.75) is 13.3 Å². The van der Waals surface area contributed by atoms with Crippen LogP contribution in [-0.2, 0) is 9.53 Å². The Labute approximate surface area is 91.6 Å². The predicted octanol–water partition coefficient (Wildman–Crippen LogP) is 1.72. The van der Waals surface area contributed by atoms with Crippen molar-refractivity contribution in [3.63, 3.8) is 0 Å². The van der Waals surface area contributed by atoms with Gasteiger partial charge in [-0.15, -0.1) is 0 Å². The average molecular weight is 230 g/mol. The normalized spacial score (nSPS) is 10.2. The molecule has 0 bridgehead atoms. The second kappa shape index (κ2) is 6.12. The zero-order valence-corrected chi connectivity index (χ0v) is 8.80. The molecule has 0 radical (unpaired) electrons. The number of nitrogens with one attached hydrogen (secondary N) is 1. The van der Waals surface area contributed by atoms with E-state index in [1.807, 2.05) is 6.92 Å². The van der Waals surface area contributed by atoms with Crippen LogP contribution >= 0.6 is 0 Å². The smallest absolute Gasteiger partial charge is 0.239 e. The number of carbonyl (C=O) groups is 1. The Morgan fingerprint density at radius 3 is 2.88 bits per heavy atom. The second-order valence-corrected chi connectivity index (χ2v) is 2.97. The first kappa shape index (κ1) is 12.5. The molecule has 0 unspecified atom stereocenters. The molecular weight excluding hydrogens is 218 g/mol. The van der Waals surface area contributed by atoms with Crippen molar-refractivity contribution in [1.29, 1.82) is 0 Å². The highest BCUT2D eigenvalue weighted by molar-refractivity contribution is 5.90. The van der Waals surface area contributed by atoms with E-state index in [1.165, 1.54) is 0 Å². The van der Waals surface area contributed by atoms with Gasteiger partial charge >= 0.3 is 0 Å². The molecule has 0 saturated carbocycles. The van der Waals surface area contributed by atoms with Crippen molar-refractivity contribution in [1.82, 2.24) is 4.98 Å². The number of nitrogens with zero attached hydrogens (tertiary/aromatic N) is 1. The van der Waals surface area contributed by atoms with Gasteiger partial charge in [0.25, 0.3) is 0 Å². The summed E-state index contributed by atoms with van der Waals surface area (Å²) in [4.78, 5) is 14.2. The van der Waals surface area contributed by atoms with Crippen molar-refractivity contribution in [3.8, 4) is 0 Å². The minimum atomic E-state index is -1.04. The van der Waals surface area contributed by atoms with Gasteiger partial charge in [-0.1, -0.05) is 0 Å². The van der Waals surface area contributed by atoms with Crippen molar-refractivity contribution in [2.24, 2.45) is 0 Å². The number of rotatable bonds is 5. The molecule has 0 aromatic carbocycles. The van der Waals surface area contributed by atoms with Crippen molar-refractivity contribution in [2.75, 3.05) is 18.5 Å². The number of hydrogen-bond acceptors (Lipinski definition) is 3. The fourth-order valence-electron chi connectivity index (χ4n) is 1.03. The Balaban J connectivity index is 2.49. The largest absolute Gasteiger partial charge is 0.381 e. The number of hydrogen-bond donors (Lipinski definition) is 1. The molecule has 1 aromatic rings. The number of pyridine rings is 1. The van der Waals surface area contributed by atoms with Crippen LogP contribution in [0.15, 0.2) is 12.1 Å². The molecule has 16 heavy (non-hydrogen) atoms. The summed E-state index contributed by atoms with van der Waals surface area (Å²) in [5.74, 6) is -2.37. The van der Waals surface area contributed by atoms with Crippen LogP contribution in [0.2, 0.25) is 0 Å². The van der Waals surface area contributed by atoms with Gasteiger partial charge < -0.3 is 10.1 Å². The highest BCUT2D eigenvalue weighted by atomic mass is 19.1. The summed E-state index contributed by atoms with van der Waals surface area (Å²) in [6, 6.07) is 2.09. The summed E-state index contributed by atoms with van der Waals surface area (Å²) in [7, 11) is 0. The zero-order valence-electron chi connectivity index (χ0n) is 8.80. The van der Waals surface area contributed by atoms with Crippen LogP contribution in [0.1, 0.15) is 13.3 Å². The van der Waals surface area contributed by atoms with Crippen LogP contribution in [0.5, 0.6) is 0 Å². The Bertz CT molecular complexity index is 372. The molecule has 0 aliphatic carbocycles. The number of amides is 1. The fourth-order valence-corrected chi connectivity index (χ4v) is 1.03. The summed E-state index contributed by atoms with van der Waals surface area (Å²) >= 11 is 0. The molecule has 0 fully saturated rings. The van der Waals surface area contributed by atoms with E-state index in [0.717, 1.165) is 12.1 Å². The van der Waals surface area contributed by atoms with E-state index in [9.17, 15) is 13.6 Å². The molecule has 0 aliphatic heterocycles. The van der Waals surface area contributed by atoms with Crippen LogP contribution in [0.4, 0.5) is 14.5 Å². The number of halogens is 2. The van der Waals surface area contributed by atoms with Gasteiger partial charge in [-0.25, -0.2) is 0 Å². The summed E-state index contributed by atoms with van der Waals surface area (Å²) in [6.07, 6.45) is 0.116. The lowest BCUT2D eigenvalue weighted by Crippen LogP contribution is -2.15. The quantitative estimate of drug-likeness (QED) is 0.619. The SMILES string of the molecule is CCOCCC(=O)Nc1ccc(F)nc1F. The van der Waals surface area contributed by atoms with Crippen LogP contribution in [0.25, 0.3) is 0 Å². The molecule has 0 spiro atoms. The van der Waals surface area contributed by atoms with Crippen LogP contribution in [0.3, 0.4) is 0 Å². The molecule has 0 saturated heterocycles. The number of aromatic nitrogens is 1. The van der Waals surface area contributed by atoms with E-state index in [4.69, 9.17) is 4.74 Å². The van der Waals surface area contributed by atoms with Gasteiger partial charge in [0.15, 0.2) is 0 Å². The van der Waals surface area contributed by atoms with Gasteiger partial charge in [0, 0.05) is 6.61 Å². The third kappa shape index (κ3) is 3.90. The lowest BCUT2D eigenvalue weighted by Gasteiger charge is -2.05. The zero-order chi connectivity index (χ0) is 12.0. The van der Waals surface area contributed by atoms with E-state index >= 15 is 0 Å². The minimum absolute atomic E-state index is 0.116. The third-order valence-corrected chi connectivity index (χ3v) is 1.77. The van der Waals surface area contributed by atoms with E-state index in [1.54, 1.807) is 0 Å². The van der Waals surface area contributed by atoms with E-state index in [2.05, 4.69) is 10.3 Å². The standard InChI is InChI=1S/C10H12F2N2O2/c1-2-16-6-5-9(15)13-7-3-4-8(11)14-10(7)12/h3-4H,2,5-6H2,1H3,(H,13,15). The topological polar surface area (TPSA) is 51.2 Å². The van der Waals surface area contributed by atoms with Crippen LogP contribution in [-0.4, -0.2) is 24.1 Å². The monoisotopic (exact) mass is 230 g/mol. The summed E-state index contributed by atoms with van der Waals surface area (Å²) < 4.78 is 30.4. The summed E-state index contributed by atoms with van der Waals surface area (Å²) in [5.41, 5.74) is -0.136. The first-order valence-electron chi connectivity index (χ1n) is 4.83. The van der Waals surface area contributed by atoms with Crippen LogP contribution in [0, 0.1) is 11.9 Å². The molecule has 0 atom stereocenters. The molecule has 1 rings (SSSR count). The van der Waals surface area contributed by atoms with E-state index < -0.39 is 17.8 Å². The maximum atomic E-state index is 13.0. The van der Waals surface area contributed by atoms with Gasteiger partial charge in [0.1, 0.15) is 0 Å². The Kier molecular flexibility index (Phi) is 4.78. The first-order valence-corrected chi connectivity index (χ1v) is 4.83. The van der Waals surface area contributed by atoms with Crippen molar-refractivity contribution >= 4 is 11.6 Å². The molecule has 88 valence electrons. The first-order chi connectivity index (χ1) is 7.63. The van der Waals surface area contributed by atoms with Gasteiger partial charge in [0.05, 0.1) is 18.7 Å². The number of carbonyl (C=O) groups excluding carboxylic acids is 1. The van der Waals surface area contributed by atoms with Crippen LogP contribution < -0.4 is 5.32 Å². The average Bonchev–Trinajstić information content (AvgIpc) is 2.23. The minimum Gasteiger partial charge on any atom is -0.381 e. The van der Waals surface area contributed by atoms with Gasteiger partial charge in [-0.3, -0.25) is 4.79 Å². The molecule has 1 N–H and O–H groups in total.